The summed E-state index contributed by atoms with van der Waals surface area (Å²) in [5.41, 5.74) is 4.02. The van der Waals surface area contributed by atoms with Crippen molar-refractivity contribution >= 4 is 23.1 Å². The van der Waals surface area contributed by atoms with Gasteiger partial charge in [0.2, 0.25) is 5.16 Å². The summed E-state index contributed by atoms with van der Waals surface area (Å²) < 4.78 is 1.75. The van der Waals surface area contributed by atoms with Gasteiger partial charge in [-0.3, -0.25) is 4.98 Å². The normalized spacial score (nSPS) is 10.9. The van der Waals surface area contributed by atoms with E-state index in [-0.39, 0.29) is 0 Å². The van der Waals surface area contributed by atoms with Crippen molar-refractivity contribution in [3.8, 4) is 16.4 Å². The van der Waals surface area contributed by atoms with Gasteiger partial charge in [-0.15, -0.1) is 16.4 Å². The third-order valence-electron chi connectivity index (χ3n) is 3.47. The molecule has 3 heterocycles. The number of aromatic nitrogens is 6. The number of hydrogen-bond acceptors (Lipinski definition) is 7. The first kappa shape index (κ1) is 15.9. The maximum absolute atomic E-state index is 4.65. The van der Waals surface area contributed by atoms with Gasteiger partial charge < -0.3 is 0 Å². The average molecular weight is 366 g/mol. The molecule has 4 rings (SSSR count). The zero-order valence-electron chi connectivity index (χ0n) is 13.4. The number of thiazole rings is 1. The molecule has 0 spiro atoms. The molecule has 0 fully saturated rings. The zero-order valence-corrected chi connectivity index (χ0v) is 15.0. The Morgan fingerprint density at radius 1 is 1.16 bits per heavy atom. The number of pyridine rings is 1. The van der Waals surface area contributed by atoms with E-state index in [1.54, 1.807) is 34.0 Å². The third-order valence-corrected chi connectivity index (χ3v) is 5.34. The van der Waals surface area contributed by atoms with Crippen LogP contribution in [0.2, 0.25) is 0 Å². The fourth-order valence-electron chi connectivity index (χ4n) is 2.31. The molecule has 1 aromatic carbocycles. The minimum Gasteiger partial charge on any atom is -0.254 e. The fourth-order valence-corrected chi connectivity index (χ4v) is 3.99. The van der Waals surface area contributed by atoms with Gasteiger partial charge in [0.25, 0.3) is 0 Å². The second-order valence-electron chi connectivity index (χ2n) is 5.36. The molecule has 0 aliphatic heterocycles. The summed E-state index contributed by atoms with van der Waals surface area (Å²) in [6.45, 7) is 2.05. The van der Waals surface area contributed by atoms with Gasteiger partial charge in [0.05, 0.1) is 17.1 Å². The van der Waals surface area contributed by atoms with Crippen molar-refractivity contribution in [1.29, 1.82) is 0 Å². The molecule has 6 nitrogen and oxygen atoms in total. The number of benzene rings is 1. The first-order valence-corrected chi connectivity index (χ1v) is 9.50. The fraction of sp³-hybridized carbons (Fsp3) is 0.118. The number of tetrazole rings is 1. The molecule has 3 aromatic heterocycles. The average Bonchev–Trinajstić information content (AvgIpc) is 3.30. The standard InChI is InChI=1S/C17H14N6S2/c1-12-5-4-6-14(9-12)23-17(20-21-22-23)25-11-13-10-24-16(19-13)15-7-2-3-8-18-15/h2-10H,11H2,1H3. The summed E-state index contributed by atoms with van der Waals surface area (Å²) in [5, 5.41) is 15.8. The van der Waals surface area contributed by atoms with Crippen molar-refractivity contribution in [1.82, 2.24) is 30.2 Å². The highest BCUT2D eigenvalue weighted by molar-refractivity contribution is 7.98. The predicted octanol–water partition coefficient (Wildman–Crippen LogP) is 3.78. The molecule has 4 aromatic rings. The van der Waals surface area contributed by atoms with E-state index in [4.69, 9.17) is 0 Å². The molecular weight excluding hydrogens is 352 g/mol. The van der Waals surface area contributed by atoms with Gasteiger partial charge in [0, 0.05) is 17.3 Å². The van der Waals surface area contributed by atoms with E-state index in [1.165, 1.54) is 5.56 Å². The summed E-state index contributed by atoms with van der Waals surface area (Å²) in [5.74, 6) is 0.704. The molecule has 25 heavy (non-hydrogen) atoms. The lowest BCUT2D eigenvalue weighted by Gasteiger charge is -2.04. The van der Waals surface area contributed by atoms with Crippen LogP contribution in [0.1, 0.15) is 11.3 Å². The van der Waals surface area contributed by atoms with Crippen molar-refractivity contribution < 1.29 is 0 Å². The first-order chi connectivity index (χ1) is 12.3. The maximum Gasteiger partial charge on any atom is 0.214 e. The molecular formula is C17H14N6S2. The van der Waals surface area contributed by atoms with E-state index < -0.39 is 0 Å². The van der Waals surface area contributed by atoms with Crippen LogP contribution in [-0.4, -0.2) is 30.2 Å². The van der Waals surface area contributed by atoms with Crippen LogP contribution >= 0.6 is 23.1 Å². The highest BCUT2D eigenvalue weighted by Gasteiger charge is 2.11. The van der Waals surface area contributed by atoms with Crippen molar-refractivity contribution in [2.45, 2.75) is 17.8 Å². The topological polar surface area (TPSA) is 69.4 Å². The maximum atomic E-state index is 4.65. The Morgan fingerprint density at radius 3 is 2.96 bits per heavy atom. The van der Waals surface area contributed by atoms with E-state index in [0.29, 0.717) is 5.75 Å². The number of rotatable bonds is 5. The SMILES string of the molecule is Cc1cccc(-n2nnnc2SCc2csc(-c3ccccn3)n2)c1. The van der Waals surface area contributed by atoms with Crippen LogP contribution in [0.3, 0.4) is 0 Å². The van der Waals surface area contributed by atoms with Gasteiger partial charge >= 0.3 is 0 Å². The van der Waals surface area contributed by atoms with Gasteiger partial charge in [0.15, 0.2) is 0 Å². The molecule has 0 aliphatic carbocycles. The van der Waals surface area contributed by atoms with E-state index in [2.05, 4.69) is 49.9 Å². The van der Waals surface area contributed by atoms with Crippen molar-refractivity contribution in [2.75, 3.05) is 0 Å². The molecule has 0 saturated carbocycles. The summed E-state index contributed by atoms with van der Waals surface area (Å²) in [4.78, 5) is 8.99. The lowest BCUT2D eigenvalue weighted by molar-refractivity contribution is 0.755. The van der Waals surface area contributed by atoms with Gasteiger partial charge in [0.1, 0.15) is 5.01 Å². The predicted molar refractivity (Wildman–Crippen MR) is 98.8 cm³/mol. The first-order valence-electron chi connectivity index (χ1n) is 7.63. The van der Waals surface area contributed by atoms with E-state index in [9.17, 15) is 0 Å². The van der Waals surface area contributed by atoms with E-state index in [1.807, 2.05) is 30.3 Å². The Hall–Kier alpha value is -2.58. The minimum atomic E-state index is 0.704. The summed E-state index contributed by atoms with van der Waals surface area (Å²) in [7, 11) is 0. The summed E-state index contributed by atoms with van der Waals surface area (Å²) in [6.07, 6.45) is 1.78. The number of hydrogen-bond donors (Lipinski definition) is 0. The Kier molecular flexibility index (Phi) is 4.53. The molecule has 0 aliphatic rings. The van der Waals surface area contributed by atoms with Gasteiger partial charge in [-0.25, -0.2) is 4.98 Å². The molecule has 8 heteroatoms. The van der Waals surface area contributed by atoms with Crippen LogP contribution in [0.15, 0.2) is 59.2 Å². The molecule has 0 unspecified atom stereocenters. The summed E-state index contributed by atoms with van der Waals surface area (Å²) >= 11 is 3.16. The van der Waals surface area contributed by atoms with E-state index >= 15 is 0 Å². The Labute approximate surface area is 153 Å². The minimum absolute atomic E-state index is 0.704. The highest BCUT2D eigenvalue weighted by atomic mass is 32.2. The van der Waals surface area contributed by atoms with Crippen LogP contribution in [0.4, 0.5) is 0 Å². The lowest BCUT2D eigenvalue weighted by atomic mass is 10.2. The summed E-state index contributed by atoms with van der Waals surface area (Å²) in [6, 6.07) is 13.9. The quantitative estimate of drug-likeness (QED) is 0.501. The molecule has 0 radical (unpaired) electrons. The molecule has 0 bridgehead atoms. The second-order valence-corrected chi connectivity index (χ2v) is 7.16. The molecule has 124 valence electrons. The highest BCUT2D eigenvalue weighted by Crippen LogP contribution is 2.26. The van der Waals surface area contributed by atoms with Crippen LogP contribution in [-0.2, 0) is 5.75 Å². The monoisotopic (exact) mass is 366 g/mol. The van der Waals surface area contributed by atoms with Gasteiger partial charge in [-0.2, -0.15) is 4.68 Å². The Morgan fingerprint density at radius 2 is 2.12 bits per heavy atom. The Bertz CT molecular complexity index is 979. The van der Waals surface area contributed by atoms with Crippen LogP contribution < -0.4 is 0 Å². The Balaban J connectivity index is 1.50. The smallest absolute Gasteiger partial charge is 0.214 e. The van der Waals surface area contributed by atoms with Crippen LogP contribution in [0, 0.1) is 6.92 Å². The molecule has 0 amide bonds. The molecule has 0 atom stereocenters. The van der Waals surface area contributed by atoms with Crippen LogP contribution in [0.5, 0.6) is 0 Å². The van der Waals surface area contributed by atoms with Crippen molar-refractivity contribution in [2.24, 2.45) is 0 Å². The molecule has 0 N–H and O–H groups in total. The van der Waals surface area contributed by atoms with Gasteiger partial charge in [-0.05, 0) is 47.2 Å². The molecule has 0 saturated heterocycles. The van der Waals surface area contributed by atoms with Crippen LogP contribution in [0.25, 0.3) is 16.4 Å². The number of thioether (sulfide) groups is 1. The number of nitrogens with zero attached hydrogens (tertiary/aromatic N) is 6. The van der Waals surface area contributed by atoms with Crippen molar-refractivity contribution in [3.63, 3.8) is 0 Å². The lowest BCUT2D eigenvalue weighted by Crippen LogP contribution is -1.99. The van der Waals surface area contributed by atoms with E-state index in [0.717, 1.165) is 27.2 Å². The zero-order chi connectivity index (χ0) is 17.1. The van der Waals surface area contributed by atoms with Gasteiger partial charge in [-0.1, -0.05) is 30.0 Å². The second kappa shape index (κ2) is 7.12. The van der Waals surface area contributed by atoms with Crippen molar-refractivity contribution in [3.05, 3.63) is 65.3 Å². The largest absolute Gasteiger partial charge is 0.254 e. The number of aryl methyl sites for hydroxylation is 1. The third kappa shape index (κ3) is 3.59.